The van der Waals surface area contributed by atoms with Gasteiger partial charge in [-0.05, 0) is 64.2 Å². The highest BCUT2D eigenvalue weighted by Gasteiger charge is 1.98. The van der Waals surface area contributed by atoms with Crippen LogP contribution >= 0.6 is 0 Å². The summed E-state index contributed by atoms with van der Waals surface area (Å²) in [5, 5.41) is 11.6. The van der Waals surface area contributed by atoms with E-state index in [1.165, 1.54) is 25.7 Å². The molecule has 0 atom stereocenters. The van der Waals surface area contributed by atoms with Crippen LogP contribution in [0.1, 0.15) is 90.4 Å². The highest BCUT2D eigenvalue weighted by atomic mass is 16.2. The second-order valence-corrected chi connectivity index (χ2v) is 7.11. The zero-order valence-electron chi connectivity index (χ0n) is 18.1. The van der Waals surface area contributed by atoms with Crippen molar-refractivity contribution >= 4 is 5.91 Å². The molecule has 0 saturated carbocycles. The molecule has 0 aromatic carbocycles. The molecule has 0 aromatic rings. The second-order valence-electron chi connectivity index (χ2n) is 7.11. The van der Waals surface area contributed by atoms with Crippen molar-refractivity contribution in [3.63, 3.8) is 0 Å². The van der Waals surface area contributed by atoms with E-state index < -0.39 is 0 Å². The topological polar surface area (TPSA) is 49.3 Å². The lowest BCUT2D eigenvalue weighted by Crippen LogP contribution is -2.23. The van der Waals surface area contributed by atoms with Gasteiger partial charge in [0, 0.05) is 19.6 Å². The van der Waals surface area contributed by atoms with Crippen molar-refractivity contribution in [1.82, 2.24) is 5.32 Å². The zero-order valence-corrected chi connectivity index (χ0v) is 18.1. The van der Waals surface area contributed by atoms with Gasteiger partial charge in [-0.2, -0.15) is 0 Å². The average Bonchev–Trinajstić information content (AvgIpc) is 2.70. The summed E-state index contributed by atoms with van der Waals surface area (Å²) in [5.41, 5.74) is 0. The van der Waals surface area contributed by atoms with E-state index >= 15 is 0 Å². The van der Waals surface area contributed by atoms with Gasteiger partial charge in [0.25, 0.3) is 0 Å². The van der Waals surface area contributed by atoms with Crippen LogP contribution < -0.4 is 5.32 Å². The lowest BCUT2D eigenvalue weighted by Gasteiger charge is -2.03. The average molecular weight is 390 g/mol. The third-order valence-corrected chi connectivity index (χ3v) is 4.39. The van der Waals surface area contributed by atoms with E-state index in [0.717, 1.165) is 57.9 Å². The Morgan fingerprint density at radius 1 is 0.714 bits per heavy atom. The Labute approximate surface area is 173 Å². The summed E-state index contributed by atoms with van der Waals surface area (Å²) < 4.78 is 0. The molecular formula is C25H43NO2. The van der Waals surface area contributed by atoms with Gasteiger partial charge in [0.2, 0.25) is 5.91 Å². The smallest absolute Gasteiger partial charge is 0.220 e. The van der Waals surface area contributed by atoms with E-state index in [-0.39, 0.29) is 12.5 Å². The van der Waals surface area contributed by atoms with E-state index in [2.05, 4.69) is 60.8 Å². The van der Waals surface area contributed by atoms with Crippen molar-refractivity contribution < 1.29 is 9.90 Å². The zero-order chi connectivity index (χ0) is 20.5. The van der Waals surface area contributed by atoms with Crippen molar-refractivity contribution in [3.8, 4) is 0 Å². The predicted octanol–water partition coefficient (Wildman–Crippen LogP) is 6.41. The maximum absolute atomic E-state index is 11.6. The quantitative estimate of drug-likeness (QED) is 0.198. The molecule has 3 nitrogen and oxygen atoms in total. The Morgan fingerprint density at radius 3 is 1.86 bits per heavy atom. The molecule has 0 rings (SSSR count). The van der Waals surface area contributed by atoms with Gasteiger partial charge < -0.3 is 10.4 Å². The highest BCUT2D eigenvalue weighted by Crippen LogP contribution is 2.01. The van der Waals surface area contributed by atoms with Gasteiger partial charge in [-0.3, -0.25) is 4.79 Å². The van der Waals surface area contributed by atoms with Crippen molar-refractivity contribution in [3.05, 3.63) is 48.6 Å². The minimum Gasteiger partial charge on any atom is -0.396 e. The molecular weight excluding hydrogens is 346 g/mol. The molecule has 0 fully saturated rings. The third kappa shape index (κ3) is 22.4. The number of carbonyl (C=O) groups excluding carboxylic acids is 1. The van der Waals surface area contributed by atoms with Crippen LogP contribution in [-0.2, 0) is 4.79 Å². The fourth-order valence-electron chi connectivity index (χ4n) is 2.67. The predicted molar refractivity (Wildman–Crippen MR) is 122 cm³/mol. The molecule has 0 radical (unpaired) electrons. The molecule has 28 heavy (non-hydrogen) atoms. The number of amides is 1. The molecule has 0 spiro atoms. The van der Waals surface area contributed by atoms with Crippen molar-refractivity contribution in [2.24, 2.45) is 0 Å². The molecule has 0 bridgehead atoms. The second kappa shape index (κ2) is 23.4. The fourth-order valence-corrected chi connectivity index (χ4v) is 2.67. The van der Waals surface area contributed by atoms with Gasteiger partial charge in [-0.1, -0.05) is 68.4 Å². The highest BCUT2D eigenvalue weighted by molar-refractivity contribution is 5.75. The van der Waals surface area contributed by atoms with Crippen molar-refractivity contribution in [1.29, 1.82) is 0 Å². The molecule has 2 N–H and O–H groups in total. The van der Waals surface area contributed by atoms with Gasteiger partial charge in [0.1, 0.15) is 0 Å². The third-order valence-electron chi connectivity index (χ3n) is 4.39. The summed E-state index contributed by atoms with van der Waals surface area (Å²) in [5.74, 6) is 0.139. The minimum atomic E-state index is 0.139. The number of hydrogen-bond donors (Lipinski definition) is 2. The first-order valence-electron chi connectivity index (χ1n) is 11.3. The number of unbranched alkanes of at least 4 members (excludes halogenated alkanes) is 6. The van der Waals surface area contributed by atoms with Crippen LogP contribution in [0.4, 0.5) is 0 Å². The number of aliphatic hydroxyl groups excluding tert-OH is 1. The summed E-state index contributed by atoms with van der Waals surface area (Å²) in [7, 11) is 0. The number of nitrogens with one attached hydrogen (secondary N) is 1. The van der Waals surface area contributed by atoms with Gasteiger partial charge in [-0.15, -0.1) is 0 Å². The van der Waals surface area contributed by atoms with E-state index in [9.17, 15) is 4.79 Å². The Morgan fingerprint density at radius 2 is 1.29 bits per heavy atom. The van der Waals surface area contributed by atoms with Crippen molar-refractivity contribution in [2.45, 2.75) is 90.4 Å². The van der Waals surface area contributed by atoms with Crippen LogP contribution in [-0.4, -0.2) is 24.2 Å². The molecule has 0 aliphatic heterocycles. The maximum Gasteiger partial charge on any atom is 0.220 e. The molecule has 0 heterocycles. The molecule has 0 aliphatic carbocycles. The molecule has 0 saturated heterocycles. The first kappa shape index (κ1) is 26.4. The Hall–Kier alpha value is -1.61. The van der Waals surface area contributed by atoms with Gasteiger partial charge in [0.05, 0.1) is 0 Å². The summed E-state index contributed by atoms with van der Waals surface area (Å²) in [4.78, 5) is 11.6. The van der Waals surface area contributed by atoms with E-state index in [4.69, 9.17) is 5.11 Å². The van der Waals surface area contributed by atoms with Crippen LogP contribution in [0.2, 0.25) is 0 Å². The Kier molecular flexibility index (Phi) is 22.1. The lowest BCUT2D eigenvalue weighted by molar-refractivity contribution is -0.121. The van der Waals surface area contributed by atoms with E-state index in [1.54, 1.807) is 0 Å². The van der Waals surface area contributed by atoms with E-state index in [1.807, 2.05) is 0 Å². The standard InChI is InChI=1S/C25H43NO2/c1-2-3-4-5-6-7-8-9-10-11-12-13-14-15-16-17-19-22-25(28)26-23-20-18-21-24-27/h6-7,9-10,12-13,15-16,27H,2-5,8,11,14,17-24H2,1H3,(H,26,28)/b7-6+,10-9+,13-12+,16-15+. The van der Waals surface area contributed by atoms with E-state index in [0.29, 0.717) is 6.42 Å². The number of rotatable bonds is 19. The first-order chi connectivity index (χ1) is 13.8. The summed E-state index contributed by atoms with van der Waals surface area (Å²) in [6, 6.07) is 0. The molecule has 0 unspecified atom stereocenters. The van der Waals surface area contributed by atoms with Crippen LogP contribution in [0, 0.1) is 0 Å². The van der Waals surface area contributed by atoms with Gasteiger partial charge in [0.15, 0.2) is 0 Å². The molecule has 160 valence electrons. The monoisotopic (exact) mass is 389 g/mol. The maximum atomic E-state index is 11.6. The number of aliphatic hydroxyl groups is 1. The van der Waals surface area contributed by atoms with Crippen LogP contribution in [0.3, 0.4) is 0 Å². The van der Waals surface area contributed by atoms with Crippen LogP contribution in [0.15, 0.2) is 48.6 Å². The number of hydrogen-bond acceptors (Lipinski definition) is 2. The molecule has 0 aliphatic rings. The number of carbonyl (C=O) groups is 1. The summed E-state index contributed by atoms with van der Waals surface area (Å²) in [6.45, 7) is 3.20. The Balaban J connectivity index is 3.44. The summed E-state index contributed by atoms with van der Waals surface area (Å²) >= 11 is 0. The SMILES string of the molecule is CCCCC/C=C/C/C=C/C/C=C/C/C=C/CCCC(=O)NCCCCCO. The fraction of sp³-hybridized carbons (Fsp3) is 0.640. The van der Waals surface area contributed by atoms with Gasteiger partial charge >= 0.3 is 0 Å². The number of allylic oxidation sites excluding steroid dienone is 8. The summed E-state index contributed by atoms with van der Waals surface area (Å²) in [6.07, 6.45) is 31.1. The molecule has 0 aromatic heterocycles. The lowest BCUT2D eigenvalue weighted by atomic mass is 10.2. The van der Waals surface area contributed by atoms with Crippen molar-refractivity contribution in [2.75, 3.05) is 13.2 Å². The van der Waals surface area contributed by atoms with Crippen LogP contribution in [0.5, 0.6) is 0 Å². The normalized spacial score (nSPS) is 12.2. The first-order valence-corrected chi connectivity index (χ1v) is 11.3. The minimum absolute atomic E-state index is 0.139. The largest absolute Gasteiger partial charge is 0.396 e. The van der Waals surface area contributed by atoms with Gasteiger partial charge in [-0.25, -0.2) is 0 Å². The van der Waals surface area contributed by atoms with Crippen LogP contribution in [0.25, 0.3) is 0 Å². The Bertz CT molecular complexity index is 449. The molecule has 3 heteroatoms. The molecule has 1 amide bonds.